The molecule has 88 valence electrons. The summed E-state index contributed by atoms with van der Waals surface area (Å²) in [5, 5.41) is 9.52. The number of hydrogen-bond donors (Lipinski definition) is 1. The van der Waals surface area contributed by atoms with Gasteiger partial charge in [0.15, 0.2) is 11.5 Å². The predicted octanol–water partition coefficient (Wildman–Crippen LogP) is 2.59. The number of benzene rings is 1. The third-order valence-corrected chi connectivity index (χ3v) is 3.32. The Bertz CT molecular complexity index is 339. The molecular weight excluding hydrogens is 204 g/mol. The van der Waals surface area contributed by atoms with Crippen LogP contribution < -0.4 is 4.74 Å². The number of para-hydroxylation sites is 2. The van der Waals surface area contributed by atoms with Gasteiger partial charge in [0.1, 0.15) is 0 Å². The largest absolute Gasteiger partial charge is 0.504 e. The van der Waals surface area contributed by atoms with Crippen LogP contribution in [0.25, 0.3) is 0 Å². The van der Waals surface area contributed by atoms with Gasteiger partial charge in [-0.25, -0.2) is 0 Å². The van der Waals surface area contributed by atoms with Crippen LogP contribution in [0.2, 0.25) is 0 Å². The van der Waals surface area contributed by atoms with Gasteiger partial charge < -0.3 is 14.6 Å². The second-order valence-electron chi connectivity index (χ2n) is 4.41. The summed E-state index contributed by atoms with van der Waals surface area (Å²) in [6.07, 6.45) is 2.11. The minimum atomic E-state index is 0.206. The van der Waals surface area contributed by atoms with Gasteiger partial charge in [-0.05, 0) is 25.0 Å². The van der Waals surface area contributed by atoms with Crippen molar-refractivity contribution in [3.63, 3.8) is 0 Å². The summed E-state index contributed by atoms with van der Waals surface area (Å²) in [5.74, 6) is 0.770. The van der Waals surface area contributed by atoms with E-state index in [-0.39, 0.29) is 5.75 Å². The number of hydrogen-bond acceptors (Lipinski definition) is 3. The molecule has 1 heterocycles. The van der Waals surface area contributed by atoms with Crippen molar-refractivity contribution in [1.29, 1.82) is 0 Å². The highest BCUT2D eigenvalue weighted by atomic mass is 16.5. The molecule has 0 saturated carbocycles. The maximum atomic E-state index is 9.52. The molecule has 16 heavy (non-hydrogen) atoms. The van der Waals surface area contributed by atoms with Crippen LogP contribution in [0, 0.1) is 5.41 Å². The van der Waals surface area contributed by atoms with E-state index in [1.54, 1.807) is 18.2 Å². The van der Waals surface area contributed by atoms with Gasteiger partial charge in [0.25, 0.3) is 0 Å². The quantitative estimate of drug-likeness (QED) is 0.832. The van der Waals surface area contributed by atoms with Crippen molar-refractivity contribution in [3.05, 3.63) is 24.3 Å². The summed E-state index contributed by atoms with van der Waals surface area (Å²) < 4.78 is 10.8. The lowest BCUT2D eigenvalue weighted by Crippen LogP contribution is -2.43. The average Bonchev–Trinajstić information content (AvgIpc) is 2.25. The molecule has 0 bridgehead atoms. The molecule has 2 rings (SSSR count). The van der Waals surface area contributed by atoms with Crippen LogP contribution in [0.15, 0.2) is 24.3 Å². The van der Waals surface area contributed by atoms with Crippen molar-refractivity contribution in [2.24, 2.45) is 5.41 Å². The monoisotopic (exact) mass is 222 g/mol. The highest BCUT2D eigenvalue weighted by Gasteiger charge is 2.36. The van der Waals surface area contributed by atoms with Gasteiger partial charge in [0.2, 0.25) is 0 Å². The minimum Gasteiger partial charge on any atom is -0.504 e. The van der Waals surface area contributed by atoms with E-state index >= 15 is 0 Å². The van der Waals surface area contributed by atoms with Gasteiger partial charge in [-0.15, -0.1) is 0 Å². The smallest absolute Gasteiger partial charge is 0.160 e. The zero-order valence-electron chi connectivity index (χ0n) is 9.61. The van der Waals surface area contributed by atoms with Crippen molar-refractivity contribution in [2.75, 3.05) is 19.8 Å². The summed E-state index contributed by atoms with van der Waals surface area (Å²) in [4.78, 5) is 0. The summed E-state index contributed by atoms with van der Waals surface area (Å²) in [6.45, 7) is 4.50. The number of phenolic OH excluding ortho intramolecular Hbond substituents is 1. The van der Waals surface area contributed by atoms with Gasteiger partial charge in [-0.1, -0.05) is 19.1 Å². The van der Waals surface area contributed by atoms with Crippen LogP contribution in [-0.2, 0) is 4.74 Å². The van der Waals surface area contributed by atoms with Crippen LogP contribution >= 0.6 is 0 Å². The van der Waals surface area contributed by atoms with Crippen LogP contribution in [0.5, 0.6) is 11.5 Å². The second kappa shape index (κ2) is 4.74. The first-order valence-electron chi connectivity index (χ1n) is 5.74. The van der Waals surface area contributed by atoms with Crippen molar-refractivity contribution in [1.82, 2.24) is 0 Å². The normalized spacial score (nSPS) is 17.8. The molecule has 3 heteroatoms. The Labute approximate surface area is 96.0 Å². The summed E-state index contributed by atoms with van der Waals surface area (Å²) >= 11 is 0. The number of aromatic hydroxyl groups is 1. The molecule has 0 unspecified atom stereocenters. The van der Waals surface area contributed by atoms with Crippen LogP contribution in [-0.4, -0.2) is 24.9 Å². The molecule has 1 fully saturated rings. The fourth-order valence-corrected chi connectivity index (χ4v) is 1.87. The lowest BCUT2D eigenvalue weighted by molar-refractivity contribution is -0.123. The third kappa shape index (κ3) is 2.30. The zero-order valence-corrected chi connectivity index (χ0v) is 9.61. The first kappa shape index (κ1) is 11.3. The van der Waals surface area contributed by atoms with Crippen LogP contribution in [0.4, 0.5) is 0 Å². The molecule has 0 aliphatic carbocycles. The van der Waals surface area contributed by atoms with Gasteiger partial charge in [-0.3, -0.25) is 0 Å². The fraction of sp³-hybridized carbons (Fsp3) is 0.538. The van der Waals surface area contributed by atoms with Crippen molar-refractivity contribution < 1.29 is 14.6 Å². The van der Waals surface area contributed by atoms with Crippen molar-refractivity contribution >= 4 is 0 Å². The van der Waals surface area contributed by atoms with E-state index in [0.717, 1.165) is 26.1 Å². The molecule has 1 aliphatic rings. The van der Waals surface area contributed by atoms with Crippen LogP contribution in [0.1, 0.15) is 19.8 Å². The molecular formula is C13H18O3. The standard InChI is InChI=1S/C13H18O3/c1-2-13(9-15-10-13)7-8-16-12-6-4-3-5-11(12)14/h3-6,14H,2,7-10H2,1H3. The SMILES string of the molecule is CCC1(CCOc2ccccc2O)COC1. The van der Waals surface area contributed by atoms with E-state index in [2.05, 4.69) is 6.92 Å². The maximum absolute atomic E-state index is 9.52. The Kier molecular flexibility index (Phi) is 3.34. The highest BCUT2D eigenvalue weighted by Crippen LogP contribution is 2.35. The minimum absolute atomic E-state index is 0.206. The lowest BCUT2D eigenvalue weighted by Gasteiger charge is -2.40. The summed E-state index contributed by atoms with van der Waals surface area (Å²) in [6, 6.07) is 7.06. The Morgan fingerprint density at radius 1 is 1.38 bits per heavy atom. The Hall–Kier alpha value is -1.22. The zero-order chi connectivity index (χ0) is 11.4. The number of rotatable bonds is 5. The van der Waals surface area contributed by atoms with Gasteiger partial charge >= 0.3 is 0 Å². The molecule has 0 aromatic heterocycles. The van der Waals surface area contributed by atoms with Gasteiger partial charge in [0.05, 0.1) is 19.8 Å². The fourth-order valence-electron chi connectivity index (χ4n) is 1.87. The Morgan fingerprint density at radius 3 is 2.69 bits per heavy atom. The molecule has 0 amide bonds. The van der Waals surface area contributed by atoms with Crippen LogP contribution in [0.3, 0.4) is 0 Å². The number of phenols is 1. The van der Waals surface area contributed by atoms with Crippen molar-refractivity contribution in [2.45, 2.75) is 19.8 Å². The molecule has 1 aromatic carbocycles. The topological polar surface area (TPSA) is 38.7 Å². The van der Waals surface area contributed by atoms with Crippen molar-refractivity contribution in [3.8, 4) is 11.5 Å². The lowest BCUT2D eigenvalue weighted by atomic mass is 9.80. The predicted molar refractivity (Wildman–Crippen MR) is 61.8 cm³/mol. The number of ether oxygens (including phenoxy) is 2. The maximum Gasteiger partial charge on any atom is 0.160 e. The average molecular weight is 222 g/mol. The molecule has 1 saturated heterocycles. The third-order valence-electron chi connectivity index (χ3n) is 3.32. The first-order chi connectivity index (χ1) is 7.76. The van der Waals surface area contributed by atoms with E-state index in [0.29, 0.717) is 17.8 Å². The van der Waals surface area contributed by atoms with E-state index < -0.39 is 0 Å². The molecule has 0 spiro atoms. The molecule has 0 atom stereocenters. The Morgan fingerprint density at radius 2 is 2.12 bits per heavy atom. The van der Waals surface area contributed by atoms with E-state index in [4.69, 9.17) is 9.47 Å². The Balaban J connectivity index is 1.82. The van der Waals surface area contributed by atoms with E-state index in [1.807, 2.05) is 6.07 Å². The molecule has 3 nitrogen and oxygen atoms in total. The summed E-state index contributed by atoms with van der Waals surface area (Å²) in [5.41, 5.74) is 0.310. The molecule has 1 aromatic rings. The molecule has 0 radical (unpaired) electrons. The van der Waals surface area contributed by atoms with Gasteiger partial charge in [-0.2, -0.15) is 0 Å². The highest BCUT2D eigenvalue weighted by molar-refractivity contribution is 5.37. The van der Waals surface area contributed by atoms with E-state index in [1.165, 1.54) is 0 Å². The summed E-state index contributed by atoms with van der Waals surface area (Å²) in [7, 11) is 0. The van der Waals surface area contributed by atoms with Gasteiger partial charge in [0, 0.05) is 5.41 Å². The molecule has 1 aliphatic heterocycles. The first-order valence-corrected chi connectivity index (χ1v) is 5.74. The second-order valence-corrected chi connectivity index (χ2v) is 4.41. The van der Waals surface area contributed by atoms with E-state index in [9.17, 15) is 5.11 Å². The molecule has 1 N–H and O–H groups in total.